The van der Waals surface area contributed by atoms with Crippen LogP contribution in [0.3, 0.4) is 0 Å². The van der Waals surface area contributed by atoms with Gasteiger partial charge in [0.1, 0.15) is 5.60 Å². The highest BCUT2D eigenvalue weighted by atomic mass is 16.6. The van der Waals surface area contributed by atoms with Gasteiger partial charge in [0.15, 0.2) is 0 Å². The Morgan fingerprint density at radius 3 is 2.23 bits per heavy atom. The van der Waals surface area contributed by atoms with Gasteiger partial charge in [-0.15, -0.1) is 0 Å². The van der Waals surface area contributed by atoms with Gasteiger partial charge in [0.25, 0.3) is 0 Å². The van der Waals surface area contributed by atoms with Crippen LogP contribution in [0.1, 0.15) is 45.6 Å². The van der Waals surface area contributed by atoms with Crippen molar-refractivity contribution in [1.82, 2.24) is 5.32 Å². The van der Waals surface area contributed by atoms with Gasteiger partial charge in [-0.1, -0.05) is 61.2 Å². The number of hydrogen-bond acceptors (Lipinski definition) is 4. The van der Waals surface area contributed by atoms with Gasteiger partial charge in [0.05, 0.1) is 6.42 Å². The maximum Gasteiger partial charge on any atom is 0.306 e. The van der Waals surface area contributed by atoms with E-state index < -0.39 is 11.6 Å². The molecule has 5 nitrogen and oxygen atoms in total. The van der Waals surface area contributed by atoms with Gasteiger partial charge in [-0.2, -0.15) is 0 Å². The van der Waals surface area contributed by atoms with Crippen LogP contribution in [-0.2, 0) is 20.7 Å². The number of benzene rings is 2. The Morgan fingerprint density at radius 2 is 1.65 bits per heavy atom. The first kappa shape index (κ1) is 24.2. The molecule has 2 aromatic carbocycles. The summed E-state index contributed by atoms with van der Waals surface area (Å²) in [6, 6.07) is 18.5. The fourth-order valence-electron chi connectivity index (χ4n) is 3.28. The SMILES string of the molecule is C=C(NCCCC(=O)O)[C@@H](CC(=O)OC(C)(C)C)Cc1ccc(-c2ccccc2)cc1. The van der Waals surface area contributed by atoms with Gasteiger partial charge in [-0.3, -0.25) is 9.59 Å². The van der Waals surface area contributed by atoms with E-state index in [1.54, 1.807) is 0 Å². The topological polar surface area (TPSA) is 75.6 Å². The van der Waals surface area contributed by atoms with Gasteiger partial charge in [-0.25, -0.2) is 0 Å². The summed E-state index contributed by atoms with van der Waals surface area (Å²) in [6.07, 6.45) is 1.44. The number of carboxylic acids is 1. The number of carboxylic acid groups (broad SMARTS) is 1. The lowest BCUT2D eigenvalue weighted by Gasteiger charge is -2.24. The average Bonchev–Trinajstić information content (AvgIpc) is 2.70. The molecule has 0 saturated heterocycles. The molecule has 0 aliphatic carbocycles. The lowest BCUT2D eigenvalue weighted by molar-refractivity contribution is -0.155. The molecule has 0 aromatic heterocycles. The second-order valence-electron chi connectivity index (χ2n) is 8.70. The fraction of sp³-hybridized carbons (Fsp3) is 0.385. The number of carbonyl (C=O) groups is 2. The minimum Gasteiger partial charge on any atom is -0.481 e. The average molecular weight is 424 g/mol. The molecule has 2 N–H and O–H groups in total. The second kappa shape index (κ2) is 11.3. The molecule has 1 atom stereocenters. The van der Waals surface area contributed by atoms with Crippen molar-refractivity contribution in [1.29, 1.82) is 0 Å². The second-order valence-corrected chi connectivity index (χ2v) is 8.70. The molecule has 0 heterocycles. The number of allylic oxidation sites excluding steroid dienone is 1. The van der Waals surface area contributed by atoms with Crippen LogP contribution in [0.15, 0.2) is 66.9 Å². The monoisotopic (exact) mass is 423 g/mol. The van der Waals surface area contributed by atoms with E-state index in [2.05, 4.69) is 48.3 Å². The maximum absolute atomic E-state index is 12.5. The van der Waals surface area contributed by atoms with Crippen molar-refractivity contribution in [3.8, 4) is 11.1 Å². The number of nitrogens with one attached hydrogen (secondary N) is 1. The normalized spacial score (nSPS) is 12.1. The lowest BCUT2D eigenvalue weighted by Crippen LogP contribution is -2.29. The third kappa shape index (κ3) is 9.08. The highest BCUT2D eigenvalue weighted by Gasteiger charge is 2.23. The number of esters is 1. The summed E-state index contributed by atoms with van der Waals surface area (Å²) < 4.78 is 5.50. The zero-order valence-electron chi connectivity index (χ0n) is 18.7. The van der Waals surface area contributed by atoms with Crippen LogP contribution in [0.5, 0.6) is 0 Å². The van der Waals surface area contributed by atoms with E-state index >= 15 is 0 Å². The molecule has 0 unspecified atom stereocenters. The van der Waals surface area contributed by atoms with Crippen LogP contribution in [0, 0.1) is 5.92 Å². The van der Waals surface area contributed by atoms with E-state index in [0.717, 1.165) is 22.4 Å². The molecular weight excluding hydrogens is 390 g/mol. The number of rotatable bonds is 11. The summed E-state index contributed by atoms with van der Waals surface area (Å²) in [5, 5.41) is 12.0. The van der Waals surface area contributed by atoms with E-state index in [4.69, 9.17) is 9.84 Å². The molecule has 0 fully saturated rings. The Hall–Kier alpha value is -3.08. The Kier molecular flexibility index (Phi) is 8.86. The van der Waals surface area contributed by atoms with Crippen LogP contribution < -0.4 is 5.32 Å². The maximum atomic E-state index is 12.5. The number of ether oxygens (including phenoxy) is 1. The molecule has 5 heteroatoms. The molecule has 2 rings (SSSR count). The zero-order valence-corrected chi connectivity index (χ0v) is 18.7. The summed E-state index contributed by atoms with van der Waals surface area (Å²) in [6.45, 7) is 10.2. The molecule has 0 aliphatic heterocycles. The largest absolute Gasteiger partial charge is 0.481 e. The van der Waals surface area contributed by atoms with Gasteiger partial charge < -0.3 is 15.2 Å². The fourth-order valence-corrected chi connectivity index (χ4v) is 3.28. The van der Waals surface area contributed by atoms with Crippen molar-refractivity contribution >= 4 is 11.9 Å². The van der Waals surface area contributed by atoms with Gasteiger partial charge in [0.2, 0.25) is 0 Å². The Morgan fingerprint density at radius 1 is 1.03 bits per heavy atom. The molecule has 0 bridgehead atoms. The van der Waals surface area contributed by atoms with Crippen LogP contribution in [0.4, 0.5) is 0 Å². The molecular formula is C26H33NO4. The predicted octanol–water partition coefficient (Wildman–Crippen LogP) is 5.21. The molecule has 0 amide bonds. The molecule has 0 spiro atoms. The number of carbonyl (C=O) groups excluding carboxylic acids is 1. The van der Waals surface area contributed by atoms with E-state index in [9.17, 15) is 9.59 Å². The summed E-state index contributed by atoms with van der Waals surface area (Å²) in [4.78, 5) is 23.2. The third-order valence-corrected chi connectivity index (χ3v) is 4.79. The standard InChI is InChI=1S/C26H33NO4/c1-19(27-16-8-11-24(28)29)23(18-25(30)31-26(2,3)4)17-20-12-14-22(15-13-20)21-9-6-5-7-10-21/h5-7,9-10,12-15,23,27H,1,8,11,16-18H2,2-4H3,(H,28,29)/t23-/m1/s1. The third-order valence-electron chi connectivity index (χ3n) is 4.79. The molecule has 31 heavy (non-hydrogen) atoms. The Balaban J connectivity index is 2.06. The zero-order chi connectivity index (χ0) is 22.9. The summed E-state index contributed by atoms with van der Waals surface area (Å²) in [5.41, 5.74) is 3.57. The number of hydrogen-bond donors (Lipinski definition) is 2. The summed E-state index contributed by atoms with van der Waals surface area (Å²) in [5.74, 6) is -1.25. The van der Waals surface area contributed by atoms with Crippen molar-refractivity contribution in [3.63, 3.8) is 0 Å². The molecule has 0 saturated carbocycles. The van der Waals surface area contributed by atoms with Crippen molar-refractivity contribution in [2.24, 2.45) is 5.92 Å². The first-order chi connectivity index (χ1) is 14.6. The minimum absolute atomic E-state index is 0.0952. The van der Waals surface area contributed by atoms with Crippen molar-refractivity contribution in [2.75, 3.05) is 6.54 Å². The van der Waals surface area contributed by atoms with E-state index in [-0.39, 0.29) is 24.7 Å². The summed E-state index contributed by atoms with van der Waals surface area (Å²) in [7, 11) is 0. The van der Waals surface area contributed by atoms with Gasteiger partial charge in [-0.05, 0) is 50.3 Å². The number of aliphatic carboxylic acids is 1. The Bertz CT molecular complexity index is 867. The van der Waals surface area contributed by atoms with Crippen molar-refractivity contribution in [2.45, 2.75) is 52.1 Å². The van der Waals surface area contributed by atoms with Crippen LogP contribution >= 0.6 is 0 Å². The van der Waals surface area contributed by atoms with Crippen LogP contribution in [0.2, 0.25) is 0 Å². The van der Waals surface area contributed by atoms with Gasteiger partial charge in [0, 0.05) is 24.6 Å². The Labute approximate surface area is 185 Å². The van der Waals surface area contributed by atoms with Gasteiger partial charge >= 0.3 is 11.9 Å². The van der Waals surface area contributed by atoms with Crippen molar-refractivity contribution < 1.29 is 19.4 Å². The van der Waals surface area contributed by atoms with Crippen LogP contribution in [0.25, 0.3) is 11.1 Å². The lowest BCUT2D eigenvalue weighted by atomic mass is 9.92. The van der Waals surface area contributed by atoms with E-state index in [1.807, 2.05) is 39.0 Å². The molecule has 0 aliphatic rings. The smallest absolute Gasteiger partial charge is 0.306 e. The molecule has 2 aromatic rings. The predicted molar refractivity (Wildman–Crippen MR) is 124 cm³/mol. The van der Waals surface area contributed by atoms with E-state index in [1.165, 1.54) is 0 Å². The minimum atomic E-state index is -0.823. The van der Waals surface area contributed by atoms with Crippen LogP contribution in [-0.4, -0.2) is 29.2 Å². The van der Waals surface area contributed by atoms with Crippen molar-refractivity contribution in [3.05, 3.63) is 72.4 Å². The first-order valence-electron chi connectivity index (χ1n) is 10.6. The quantitative estimate of drug-likeness (QED) is 0.383. The van der Waals surface area contributed by atoms with E-state index in [0.29, 0.717) is 19.4 Å². The first-order valence-corrected chi connectivity index (χ1v) is 10.6. The highest BCUT2D eigenvalue weighted by Crippen LogP contribution is 2.24. The molecule has 166 valence electrons. The molecule has 0 radical (unpaired) electrons. The summed E-state index contributed by atoms with van der Waals surface area (Å²) >= 11 is 0. The highest BCUT2D eigenvalue weighted by molar-refractivity contribution is 5.70.